The summed E-state index contributed by atoms with van der Waals surface area (Å²) in [5.74, 6) is -3.88. The molecular formula is C45H38F2N6O9S. The summed E-state index contributed by atoms with van der Waals surface area (Å²) in [6.45, 7) is 3.06. The second-order valence-corrected chi connectivity index (χ2v) is 16.2. The van der Waals surface area contributed by atoms with Crippen LogP contribution in [0.25, 0.3) is 33.2 Å². The maximum absolute atomic E-state index is 14.5. The lowest BCUT2D eigenvalue weighted by molar-refractivity contribution is -0.136. The molecule has 2 aliphatic heterocycles. The van der Waals surface area contributed by atoms with Crippen molar-refractivity contribution in [3.63, 3.8) is 0 Å². The van der Waals surface area contributed by atoms with Gasteiger partial charge in [0.2, 0.25) is 17.7 Å². The number of carbonyl (C=O) groups excluding carboxylic acids is 4. The minimum Gasteiger partial charge on any atom is -0.491 e. The molecule has 18 heteroatoms. The van der Waals surface area contributed by atoms with Crippen molar-refractivity contribution in [1.29, 1.82) is 0 Å². The van der Waals surface area contributed by atoms with Crippen molar-refractivity contribution >= 4 is 55.9 Å². The quantitative estimate of drug-likeness (QED) is 0.0775. The zero-order chi connectivity index (χ0) is 44.4. The first-order chi connectivity index (χ1) is 30.3. The summed E-state index contributed by atoms with van der Waals surface area (Å²) in [4.78, 5) is 59.5. The molecule has 8 rings (SSSR count). The molecule has 0 radical (unpaired) electrons. The molecule has 4 heterocycles. The van der Waals surface area contributed by atoms with Crippen molar-refractivity contribution in [3.05, 3.63) is 126 Å². The fourth-order valence-electron chi connectivity index (χ4n) is 7.57. The molecule has 1 saturated heterocycles. The van der Waals surface area contributed by atoms with Gasteiger partial charge in [0, 0.05) is 48.1 Å². The van der Waals surface area contributed by atoms with Crippen LogP contribution < -0.4 is 24.8 Å². The van der Waals surface area contributed by atoms with Gasteiger partial charge in [0.25, 0.3) is 21.8 Å². The van der Waals surface area contributed by atoms with Crippen molar-refractivity contribution < 1.29 is 50.6 Å². The van der Waals surface area contributed by atoms with E-state index in [-0.39, 0.29) is 55.4 Å². The van der Waals surface area contributed by atoms with E-state index in [4.69, 9.17) is 14.2 Å². The number of fused-ring (bicyclic) bond motifs is 2. The lowest BCUT2D eigenvalue weighted by Crippen LogP contribution is -2.54. The number of methoxy groups -OCH3 is 1. The van der Waals surface area contributed by atoms with Crippen LogP contribution in [-0.4, -0.2) is 86.4 Å². The number of rotatable bonds is 15. The van der Waals surface area contributed by atoms with E-state index in [1.807, 2.05) is 49.4 Å². The number of aryl methyl sites for hydroxylation is 1. The third-order valence-corrected chi connectivity index (χ3v) is 12.0. The molecule has 0 bridgehead atoms. The first kappa shape index (κ1) is 42.4. The molecule has 0 saturated carbocycles. The van der Waals surface area contributed by atoms with Crippen LogP contribution in [-0.2, 0) is 24.3 Å². The fraction of sp³-hybridized carbons (Fsp3) is 0.200. The van der Waals surface area contributed by atoms with E-state index in [2.05, 4.69) is 25.3 Å². The van der Waals surface area contributed by atoms with E-state index in [9.17, 15) is 36.4 Å². The minimum absolute atomic E-state index is 0.0351. The van der Waals surface area contributed by atoms with Gasteiger partial charge in [-0.25, -0.2) is 22.2 Å². The lowest BCUT2D eigenvalue weighted by atomic mass is 9.95. The second kappa shape index (κ2) is 17.6. The number of ether oxygens (including phenoxy) is 3. The van der Waals surface area contributed by atoms with Gasteiger partial charge in [-0.1, -0.05) is 18.2 Å². The van der Waals surface area contributed by atoms with E-state index in [1.54, 1.807) is 18.3 Å². The molecule has 63 heavy (non-hydrogen) atoms. The highest BCUT2D eigenvalue weighted by Crippen LogP contribution is 2.37. The summed E-state index contributed by atoms with van der Waals surface area (Å²) in [5.41, 5.74) is 5.39. The van der Waals surface area contributed by atoms with E-state index in [1.165, 1.54) is 25.4 Å². The van der Waals surface area contributed by atoms with Crippen molar-refractivity contribution in [2.45, 2.75) is 30.7 Å². The van der Waals surface area contributed by atoms with E-state index >= 15 is 0 Å². The number of hydrogen-bond donors (Lipinski definition) is 3. The Bertz CT molecular complexity index is 2950. The first-order valence-corrected chi connectivity index (χ1v) is 21.1. The molecule has 4 aromatic carbocycles. The van der Waals surface area contributed by atoms with E-state index in [0.717, 1.165) is 39.1 Å². The number of amides is 4. The summed E-state index contributed by atoms with van der Waals surface area (Å²) in [7, 11) is -3.17. The molecular weight excluding hydrogens is 839 g/mol. The summed E-state index contributed by atoms with van der Waals surface area (Å²) in [5, 5.41) is 6.15. The third kappa shape index (κ3) is 8.62. The molecule has 322 valence electrons. The number of halogens is 2. The van der Waals surface area contributed by atoms with Gasteiger partial charge in [-0.2, -0.15) is 0 Å². The van der Waals surface area contributed by atoms with Gasteiger partial charge >= 0.3 is 0 Å². The standard InChI is InChI=1S/C45H38F2N6O9S/c1-25-20-29(62-19-18-61-17-16-49-36-5-3-4-32-41(36)45(57)53(44(32)56)38-11-13-40(54)51-42(38)55)8-9-30(25)31-14-15-48-35-10-6-26(21-33(31)35)27-22-37(43(60-2)50-24-27)52-63(58,59)39-12-7-28(46)23-34(39)47/h3-10,12,14-15,20-24,38,49,52H,11,13,16-19H2,1-2H3,(H,51,54,55). The molecule has 2 aromatic heterocycles. The number of carbonyl (C=O) groups is 4. The van der Waals surface area contributed by atoms with E-state index in [0.29, 0.717) is 40.7 Å². The third-order valence-electron chi connectivity index (χ3n) is 10.6. The maximum atomic E-state index is 14.5. The molecule has 15 nitrogen and oxygen atoms in total. The minimum atomic E-state index is -4.49. The Morgan fingerprint density at radius 2 is 1.68 bits per heavy atom. The fourth-order valence-corrected chi connectivity index (χ4v) is 8.68. The highest BCUT2D eigenvalue weighted by molar-refractivity contribution is 7.92. The summed E-state index contributed by atoms with van der Waals surface area (Å²) < 4.78 is 73.6. The smallest absolute Gasteiger partial charge is 0.264 e. The zero-order valence-corrected chi connectivity index (χ0v) is 34.6. The Labute approximate surface area is 359 Å². The van der Waals surface area contributed by atoms with Crippen LogP contribution >= 0.6 is 0 Å². The molecule has 2 aliphatic rings. The highest BCUT2D eigenvalue weighted by atomic mass is 32.2. The average Bonchev–Trinajstić information content (AvgIpc) is 3.51. The number of sulfonamides is 1. The summed E-state index contributed by atoms with van der Waals surface area (Å²) in [6, 6.07) is 20.7. The van der Waals surface area contributed by atoms with E-state index < -0.39 is 56.2 Å². The van der Waals surface area contributed by atoms with Crippen molar-refractivity contribution in [1.82, 2.24) is 20.2 Å². The second-order valence-electron chi connectivity index (χ2n) is 14.6. The van der Waals surface area contributed by atoms with Crippen LogP contribution in [0.4, 0.5) is 20.2 Å². The Morgan fingerprint density at radius 3 is 2.46 bits per heavy atom. The molecule has 6 aromatic rings. The Morgan fingerprint density at radius 1 is 0.841 bits per heavy atom. The normalized spacial score (nSPS) is 15.0. The van der Waals surface area contributed by atoms with Gasteiger partial charge in [0.05, 0.1) is 37.0 Å². The van der Waals surface area contributed by atoms with Crippen LogP contribution in [0, 0.1) is 18.6 Å². The predicted octanol–water partition coefficient (Wildman–Crippen LogP) is 6.27. The van der Waals surface area contributed by atoms with Crippen molar-refractivity contribution in [2.75, 3.05) is 43.5 Å². The highest BCUT2D eigenvalue weighted by Gasteiger charge is 2.45. The SMILES string of the molecule is COc1ncc(-c2ccc3nccc(-c4ccc(OCCOCCNc5cccc6c5C(=O)N(C5CCC(=O)NC5=O)C6=O)cc4C)c3c2)cc1NS(=O)(=O)c1ccc(F)cc1F. The molecule has 1 fully saturated rings. The van der Waals surface area contributed by atoms with Gasteiger partial charge in [0.1, 0.15) is 40.6 Å². The Balaban J connectivity index is 0.890. The number of nitrogens with zero attached hydrogens (tertiary/aromatic N) is 3. The molecule has 0 spiro atoms. The molecule has 4 amide bonds. The number of benzene rings is 4. The van der Waals surface area contributed by atoms with Crippen LogP contribution in [0.2, 0.25) is 0 Å². The largest absolute Gasteiger partial charge is 0.491 e. The number of piperidine rings is 1. The number of aromatic nitrogens is 2. The van der Waals surface area contributed by atoms with Crippen molar-refractivity contribution in [3.8, 4) is 33.9 Å². The zero-order valence-electron chi connectivity index (χ0n) is 33.7. The molecule has 1 unspecified atom stereocenters. The average molecular weight is 877 g/mol. The number of hydrogen-bond acceptors (Lipinski definition) is 12. The van der Waals surface area contributed by atoms with Gasteiger partial charge in [-0.3, -0.25) is 39.1 Å². The van der Waals surface area contributed by atoms with Crippen molar-refractivity contribution in [2.24, 2.45) is 0 Å². The van der Waals surface area contributed by atoms with Crippen LogP contribution in [0.15, 0.2) is 102 Å². The first-order valence-electron chi connectivity index (χ1n) is 19.6. The monoisotopic (exact) mass is 876 g/mol. The molecule has 0 aliphatic carbocycles. The van der Waals surface area contributed by atoms with Gasteiger partial charge < -0.3 is 19.5 Å². The number of anilines is 2. The van der Waals surface area contributed by atoms with Gasteiger partial charge in [0.15, 0.2) is 0 Å². The molecule has 1 atom stereocenters. The van der Waals surface area contributed by atoms with Crippen LogP contribution in [0.5, 0.6) is 11.6 Å². The maximum Gasteiger partial charge on any atom is 0.264 e. The molecule has 3 N–H and O–H groups in total. The number of pyridine rings is 2. The lowest BCUT2D eigenvalue weighted by Gasteiger charge is -2.27. The number of nitrogens with one attached hydrogen (secondary N) is 3. The predicted molar refractivity (Wildman–Crippen MR) is 227 cm³/mol. The number of imide groups is 2. The van der Waals surface area contributed by atoms with Gasteiger partial charge in [-0.05, 0) is 96.3 Å². The Kier molecular flexibility index (Phi) is 11.8. The summed E-state index contributed by atoms with van der Waals surface area (Å²) >= 11 is 0. The van der Waals surface area contributed by atoms with Crippen LogP contribution in [0.3, 0.4) is 0 Å². The summed E-state index contributed by atoms with van der Waals surface area (Å²) in [6.07, 6.45) is 3.33. The van der Waals surface area contributed by atoms with Crippen LogP contribution in [0.1, 0.15) is 39.1 Å². The van der Waals surface area contributed by atoms with Gasteiger partial charge in [-0.15, -0.1) is 0 Å². The topological polar surface area (TPSA) is 195 Å². The Hall–Kier alpha value is -7.31.